The van der Waals surface area contributed by atoms with Crippen molar-refractivity contribution in [3.05, 3.63) is 28.2 Å². The highest BCUT2D eigenvalue weighted by Gasteiger charge is 2.21. The summed E-state index contributed by atoms with van der Waals surface area (Å²) in [6, 6.07) is 5.21. The first-order valence-electron chi connectivity index (χ1n) is 6.09. The van der Waals surface area contributed by atoms with Crippen LogP contribution >= 0.6 is 23.2 Å². The van der Waals surface area contributed by atoms with Crippen LogP contribution in [-0.4, -0.2) is 31.0 Å². The molecule has 2 N–H and O–H groups in total. The normalized spacial score (nSPS) is 16.6. The SMILES string of the molecule is OC(CNc1cc(Cl)cc(Cl)c1)COCC1CC1. The maximum absolute atomic E-state index is 9.73. The molecule has 1 saturated carbocycles. The number of hydrogen-bond donors (Lipinski definition) is 2. The highest BCUT2D eigenvalue weighted by Crippen LogP contribution is 2.28. The van der Waals surface area contributed by atoms with Gasteiger partial charge < -0.3 is 15.2 Å². The molecular weight excluding hydrogens is 273 g/mol. The van der Waals surface area contributed by atoms with Crippen molar-refractivity contribution in [3.63, 3.8) is 0 Å². The van der Waals surface area contributed by atoms with Gasteiger partial charge in [-0.3, -0.25) is 0 Å². The summed E-state index contributed by atoms with van der Waals surface area (Å²) < 4.78 is 5.41. The number of ether oxygens (including phenoxy) is 1. The molecule has 1 unspecified atom stereocenters. The van der Waals surface area contributed by atoms with Gasteiger partial charge in [-0.05, 0) is 37.0 Å². The molecule has 1 aliphatic carbocycles. The lowest BCUT2D eigenvalue weighted by atomic mass is 10.3. The molecule has 100 valence electrons. The summed E-state index contributed by atoms with van der Waals surface area (Å²) in [5, 5.41) is 14.0. The number of anilines is 1. The minimum atomic E-state index is -0.526. The van der Waals surface area contributed by atoms with Crippen LogP contribution in [0.2, 0.25) is 10.0 Å². The van der Waals surface area contributed by atoms with Gasteiger partial charge in [0.1, 0.15) is 0 Å². The number of aliphatic hydroxyl groups excluding tert-OH is 1. The third kappa shape index (κ3) is 5.02. The van der Waals surface area contributed by atoms with E-state index < -0.39 is 6.10 Å². The quantitative estimate of drug-likeness (QED) is 0.810. The van der Waals surface area contributed by atoms with Gasteiger partial charge in [0.25, 0.3) is 0 Å². The van der Waals surface area contributed by atoms with E-state index in [4.69, 9.17) is 27.9 Å². The topological polar surface area (TPSA) is 41.5 Å². The van der Waals surface area contributed by atoms with Gasteiger partial charge in [0.2, 0.25) is 0 Å². The van der Waals surface area contributed by atoms with Crippen LogP contribution in [0.1, 0.15) is 12.8 Å². The molecule has 0 heterocycles. The summed E-state index contributed by atoms with van der Waals surface area (Å²) in [6.45, 7) is 1.54. The Labute approximate surface area is 117 Å². The molecule has 3 nitrogen and oxygen atoms in total. The number of aliphatic hydroxyl groups is 1. The molecule has 1 aromatic carbocycles. The molecule has 0 radical (unpaired) electrons. The van der Waals surface area contributed by atoms with Gasteiger partial charge in [-0.15, -0.1) is 0 Å². The number of halogens is 2. The van der Waals surface area contributed by atoms with Gasteiger partial charge in [0, 0.05) is 28.9 Å². The summed E-state index contributed by atoms with van der Waals surface area (Å²) in [5.74, 6) is 0.719. The third-order valence-corrected chi connectivity index (χ3v) is 3.20. The number of benzene rings is 1. The second-order valence-electron chi connectivity index (χ2n) is 4.67. The maximum Gasteiger partial charge on any atom is 0.0945 e. The Balaban J connectivity index is 1.68. The lowest BCUT2D eigenvalue weighted by Gasteiger charge is -2.13. The van der Waals surface area contributed by atoms with E-state index in [0.29, 0.717) is 23.2 Å². The molecule has 18 heavy (non-hydrogen) atoms. The average Bonchev–Trinajstić information content (AvgIpc) is 3.09. The molecule has 1 atom stereocenters. The summed E-state index contributed by atoms with van der Waals surface area (Å²) in [6.07, 6.45) is 1.99. The molecule has 2 rings (SSSR count). The summed E-state index contributed by atoms with van der Waals surface area (Å²) in [4.78, 5) is 0. The molecule has 0 bridgehead atoms. The lowest BCUT2D eigenvalue weighted by molar-refractivity contribution is 0.0386. The molecule has 0 aromatic heterocycles. The van der Waals surface area contributed by atoms with Gasteiger partial charge in [-0.1, -0.05) is 23.2 Å². The smallest absolute Gasteiger partial charge is 0.0945 e. The van der Waals surface area contributed by atoms with Crippen LogP contribution in [0.25, 0.3) is 0 Å². The fourth-order valence-electron chi connectivity index (χ4n) is 1.61. The van der Waals surface area contributed by atoms with Crippen molar-refractivity contribution in [1.29, 1.82) is 0 Å². The highest BCUT2D eigenvalue weighted by molar-refractivity contribution is 6.35. The minimum absolute atomic E-state index is 0.359. The van der Waals surface area contributed by atoms with Crippen molar-refractivity contribution in [2.24, 2.45) is 5.92 Å². The van der Waals surface area contributed by atoms with Crippen molar-refractivity contribution in [3.8, 4) is 0 Å². The van der Waals surface area contributed by atoms with Crippen LogP contribution in [0, 0.1) is 5.92 Å². The van der Waals surface area contributed by atoms with Gasteiger partial charge in [-0.2, -0.15) is 0 Å². The molecule has 1 aliphatic rings. The van der Waals surface area contributed by atoms with Gasteiger partial charge in [-0.25, -0.2) is 0 Å². The third-order valence-electron chi connectivity index (χ3n) is 2.77. The predicted octanol–water partition coefficient (Wildman–Crippen LogP) is 3.19. The molecule has 0 saturated heterocycles. The van der Waals surface area contributed by atoms with Crippen LogP contribution in [-0.2, 0) is 4.74 Å². The zero-order valence-electron chi connectivity index (χ0n) is 10.0. The van der Waals surface area contributed by atoms with Gasteiger partial charge in [0.05, 0.1) is 12.7 Å². The zero-order chi connectivity index (χ0) is 13.0. The van der Waals surface area contributed by atoms with Crippen LogP contribution in [0.4, 0.5) is 5.69 Å². The molecule has 1 fully saturated rings. The molecule has 0 aliphatic heterocycles. The largest absolute Gasteiger partial charge is 0.389 e. The Hall–Kier alpha value is -0.480. The van der Waals surface area contributed by atoms with E-state index in [0.717, 1.165) is 18.2 Å². The summed E-state index contributed by atoms with van der Waals surface area (Å²) in [5.41, 5.74) is 0.800. The number of hydrogen-bond acceptors (Lipinski definition) is 3. The first kappa shape index (κ1) is 13.9. The summed E-state index contributed by atoms with van der Waals surface area (Å²) in [7, 11) is 0. The van der Waals surface area contributed by atoms with Crippen LogP contribution in [0.15, 0.2) is 18.2 Å². The molecule has 1 aromatic rings. The zero-order valence-corrected chi connectivity index (χ0v) is 11.5. The van der Waals surface area contributed by atoms with Crippen molar-refractivity contribution in [1.82, 2.24) is 0 Å². The van der Waals surface area contributed by atoms with Crippen molar-refractivity contribution >= 4 is 28.9 Å². The van der Waals surface area contributed by atoms with Gasteiger partial charge >= 0.3 is 0 Å². The second kappa shape index (κ2) is 6.62. The van der Waals surface area contributed by atoms with E-state index in [1.54, 1.807) is 18.2 Å². The van der Waals surface area contributed by atoms with Crippen LogP contribution in [0.5, 0.6) is 0 Å². The van der Waals surface area contributed by atoms with E-state index in [9.17, 15) is 5.11 Å². The van der Waals surface area contributed by atoms with Crippen molar-refractivity contribution in [2.75, 3.05) is 25.1 Å². The first-order valence-corrected chi connectivity index (χ1v) is 6.85. The fraction of sp³-hybridized carbons (Fsp3) is 0.538. The summed E-state index contributed by atoms with van der Waals surface area (Å²) >= 11 is 11.8. The Morgan fingerprint density at radius 2 is 1.94 bits per heavy atom. The van der Waals surface area contributed by atoms with Crippen molar-refractivity contribution < 1.29 is 9.84 Å². The van der Waals surface area contributed by atoms with Gasteiger partial charge in [0.15, 0.2) is 0 Å². The van der Waals surface area contributed by atoms with E-state index in [-0.39, 0.29) is 0 Å². The number of nitrogens with one attached hydrogen (secondary N) is 1. The Kier molecular flexibility index (Phi) is 5.13. The highest BCUT2D eigenvalue weighted by atomic mass is 35.5. The van der Waals surface area contributed by atoms with E-state index >= 15 is 0 Å². The number of rotatable bonds is 7. The van der Waals surface area contributed by atoms with Crippen LogP contribution < -0.4 is 5.32 Å². The first-order chi connectivity index (χ1) is 8.63. The Bertz CT molecular complexity index is 376. The molecule has 5 heteroatoms. The lowest BCUT2D eigenvalue weighted by Crippen LogP contribution is -2.25. The van der Waals surface area contributed by atoms with E-state index in [2.05, 4.69) is 5.32 Å². The minimum Gasteiger partial charge on any atom is -0.389 e. The Morgan fingerprint density at radius 3 is 2.56 bits per heavy atom. The van der Waals surface area contributed by atoms with E-state index in [1.807, 2.05) is 0 Å². The average molecular weight is 290 g/mol. The second-order valence-corrected chi connectivity index (χ2v) is 5.55. The molecule has 0 spiro atoms. The maximum atomic E-state index is 9.73. The monoisotopic (exact) mass is 289 g/mol. The molecule has 0 amide bonds. The standard InChI is InChI=1S/C13H17Cl2NO2/c14-10-3-11(15)5-12(4-10)16-6-13(17)8-18-7-9-1-2-9/h3-5,9,13,16-17H,1-2,6-8H2. The predicted molar refractivity (Wildman–Crippen MR) is 74.5 cm³/mol. The van der Waals surface area contributed by atoms with Crippen molar-refractivity contribution in [2.45, 2.75) is 18.9 Å². The Morgan fingerprint density at radius 1 is 1.28 bits per heavy atom. The molecular formula is C13H17Cl2NO2. The van der Waals surface area contributed by atoms with E-state index in [1.165, 1.54) is 12.8 Å². The fourth-order valence-corrected chi connectivity index (χ4v) is 2.13. The van der Waals surface area contributed by atoms with Crippen LogP contribution in [0.3, 0.4) is 0 Å².